The molecule has 0 unspecified atom stereocenters. The zero-order chi connectivity index (χ0) is 20.5. The molecule has 0 saturated heterocycles. The van der Waals surface area contributed by atoms with Gasteiger partial charge in [-0.05, 0) is 50.6 Å². The van der Waals surface area contributed by atoms with Crippen molar-refractivity contribution >= 4 is 34.5 Å². The minimum atomic E-state index is -0.258. The first-order chi connectivity index (χ1) is 13.9. The van der Waals surface area contributed by atoms with Gasteiger partial charge >= 0.3 is 0 Å². The number of nitrogens with zero attached hydrogens (tertiary/aromatic N) is 2. The number of fused-ring (bicyclic) bond motifs is 1. The van der Waals surface area contributed by atoms with Crippen molar-refractivity contribution in [3.05, 3.63) is 57.9 Å². The highest BCUT2D eigenvalue weighted by Crippen LogP contribution is 2.37. The summed E-state index contributed by atoms with van der Waals surface area (Å²) in [6.45, 7) is 5.75. The second-order valence-electron chi connectivity index (χ2n) is 6.95. The Labute approximate surface area is 173 Å². The Hall–Kier alpha value is -3.19. The summed E-state index contributed by atoms with van der Waals surface area (Å²) in [6, 6.07) is 13.2. The van der Waals surface area contributed by atoms with Crippen LogP contribution in [0.1, 0.15) is 15.4 Å². The molecule has 148 valence electrons. The van der Waals surface area contributed by atoms with Crippen LogP contribution < -0.4 is 15.0 Å². The van der Waals surface area contributed by atoms with Gasteiger partial charge in [-0.3, -0.25) is 14.5 Å². The average Bonchev–Trinajstić information content (AvgIpc) is 3.03. The highest BCUT2D eigenvalue weighted by atomic mass is 32.1. The number of aryl methyl sites for hydroxylation is 3. The predicted molar refractivity (Wildman–Crippen MR) is 115 cm³/mol. The minimum absolute atomic E-state index is 0.0813. The maximum Gasteiger partial charge on any atom is 0.265 e. The Bertz CT molecular complexity index is 1110. The summed E-state index contributed by atoms with van der Waals surface area (Å²) in [7, 11) is 0. The number of carbonyl (C=O) groups is 2. The summed E-state index contributed by atoms with van der Waals surface area (Å²) < 4.78 is 5.57. The van der Waals surface area contributed by atoms with Gasteiger partial charge in [-0.2, -0.15) is 0 Å². The maximum absolute atomic E-state index is 12.6. The highest BCUT2D eigenvalue weighted by Gasteiger charge is 2.28. The van der Waals surface area contributed by atoms with Crippen LogP contribution in [0.3, 0.4) is 0 Å². The lowest BCUT2D eigenvalue weighted by Gasteiger charge is -2.29. The number of carbonyl (C=O) groups excluding carboxylic acids is 2. The molecule has 29 heavy (non-hydrogen) atoms. The van der Waals surface area contributed by atoms with Crippen LogP contribution in [0, 0.1) is 20.8 Å². The molecule has 0 aliphatic carbocycles. The topological polar surface area (TPSA) is 71.5 Å². The van der Waals surface area contributed by atoms with E-state index in [1.807, 2.05) is 63.2 Å². The van der Waals surface area contributed by atoms with Crippen molar-refractivity contribution in [2.45, 2.75) is 20.8 Å². The van der Waals surface area contributed by atoms with Gasteiger partial charge < -0.3 is 10.1 Å². The molecule has 2 amide bonds. The third-order valence-corrected chi connectivity index (χ3v) is 5.69. The standard InChI is InChI=1S/C22H21N3O3S/c1-13-6-4-5-7-17(13)24-20(26)11-25-18-10-16(22-14(2)29-15(3)23-22)8-9-19(18)28-12-21(25)27/h4-10H,11-12H2,1-3H3,(H,24,26). The van der Waals surface area contributed by atoms with E-state index in [2.05, 4.69) is 10.3 Å². The van der Waals surface area contributed by atoms with Gasteiger partial charge in [0, 0.05) is 16.1 Å². The Morgan fingerprint density at radius 2 is 2.00 bits per heavy atom. The fraction of sp³-hybridized carbons (Fsp3) is 0.227. The van der Waals surface area contributed by atoms with E-state index < -0.39 is 0 Å². The Morgan fingerprint density at radius 1 is 1.21 bits per heavy atom. The second-order valence-corrected chi connectivity index (χ2v) is 8.36. The molecule has 1 aromatic heterocycles. The molecule has 0 bridgehead atoms. The molecule has 1 aliphatic rings. The van der Waals surface area contributed by atoms with Crippen molar-refractivity contribution in [2.75, 3.05) is 23.4 Å². The number of anilines is 2. The molecule has 1 N–H and O–H groups in total. The monoisotopic (exact) mass is 407 g/mol. The van der Waals surface area contributed by atoms with Gasteiger partial charge in [0.15, 0.2) is 6.61 Å². The SMILES string of the molecule is Cc1nc(-c2ccc3c(c2)N(CC(=O)Nc2ccccc2C)C(=O)CO3)c(C)s1. The first kappa shape index (κ1) is 19.1. The van der Waals surface area contributed by atoms with Gasteiger partial charge in [0.1, 0.15) is 12.3 Å². The van der Waals surface area contributed by atoms with E-state index in [9.17, 15) is 9.59 Å². The number of hydrogen-bond donors (Lipinski definition) is 1. The number of amides is 2. The minimum Gasteiger partial charge on any atom is -0.482 e. The van der Waals surface area contributed by atoms with E-state index in [0.29, 0.717) is 11.4 Å². The zero-order valence-electron chi connectivity index (χ0n) is 16.5. The summed E-state index contributed by atoms with van der Waals surface area (Å²) in [4.78, 5) is 32.4. The molecule has 3 aromatic rings. The lowest BCUT2D eigenvalue weighted by atomic mass is 10.1. The van der Waals surface area contributed by atoms with E-state index >= 15 is 0 Å². The van der Waals surface area contributed by atoms with Crippen LogP contribution in [0.5, 0.6) is 5.75 Å². The largest absolute Gasteiger partial charge is 0.482 e. The van der Waals surface area contributed by atoms with Crippen molar-refractivity contribution in [3.63, 3.8) is 0 Å². The fourth-order valence-electron chi connectivity index (χ4n) is 3.37. The average molecular weight is 407 g/mol. The molecule has 6 nitrogen and oxygen atoms in total. The number of nitrogens with one attached hydrogen (secondary N) is 1. The van der Waals surface area contributed by atoms with Crippen molar-refractivity contribution in [2.24, 2.45) is 0 Å². The lowest BCUT2D eigenvalue weighted by Crippen LogP contribution is -2.43. The molecule has 0 atom stereocenters. The summed E-state index contributed by atoms with van der Waals surface area (Å²) in [5.74, 6) is 0.0778. The number of para-hydroxylation sites is 1. The smallest absolute Gasteiger partial charge is 0.265 e. The number of ether oxygens (including phenoxy) is 1. The Balaban J connectivity index is 1.62. The molecule has 7 heteroatoms. The number of rotatable bonds is 4. The predicted octanol–water partition coefficient (Wildman–Crippen LogP) is 4.10. The Morgan fingerprint density at radius 3 is 2.72 bits per heavy atom. The van der Waals surface area contributed by atoms with Crippen molar-refractivity contribution in [3.8, 4) is 17.0 Å². The quantitative estimate of drug-likeness (QED) is 0.707. The molecule has 2 heterocycles. The van der Waals surface area contributed by atoms with Crippen LogP contribution >= 0.6 is 11.3 Å². The lowest BCUT2D eigenvalue weighted by molar-refractivity contribution is -0.123. The van der Waals surface area contributed by atoms with Crippen molar-refractivity contribution in [1.29, 1.82) is 0 Å². The molecule has 0 fully saturated rings. The van der Waals surface area contributed by atoms with Crippen LogP contribution in [-0.4, -0.2) is 29.9 Å². The van der Waals surface area contributed by atoms with Crippen LogP contribution in [0.15, 0.2) is 42.5 Å². The van der Waals surface area contributed by atoms with Crippen LogP contribution in [0.2, 0.25) is 0 Å². The van der Waals surface area contributed by atoms with Gasteiger partial charge in [0.05, 0.1) is 16.4 Å². The molecular weight excluding hydrogens is 386 g/mol. The maximum atomic E-state index is 12.6. The van der Waals surface area contributed by atoms with E-state index in [4.69, 9.17) is 4.74 Å². The first-order valence-electron chi connectivity index (χ1n) is 9.29. The number of hydrogen-bond acceptors (Lipinski definition) is 5. The summed E-state index contributed by atoms with van der Waals surface area (Å²) >= 11 is 1.63. The van der Waals surface area contributed by atoms with Crippen LogP contribution in [0.4, 0.5) is 11.4 Å². The Kier molecular flexibility index (Phi) is 5.07. The van der Waals surface area contributed by atoms with Gasteiger partial charge in [-0.1, -0.05) is 18.2 Å². The van der Waals surface area contributed by atoms with Crippen LogP contribution in [-0.2, 0) is 9.59 Å². The number of thiazole rings is 1. The van der Waals surface area contributed by atoms with Gasteiger partial charge in [-0.25, -0.2) is 4.98 Å². The third-order valence-electron chi connectivity index (χ3n) is 4.80. The molecule has 0 spiro atoms. The van der Waals surface area contributed by atoms with E-state index in [-0.39, 0.29) is 25.0 Å². The van der Waals surface area contributed by atoms with E-state index in [1.54, 1.807) is 11.3 Å². The van der Waals surface area contributed by atoms with Gasteiger partial charge in [0.25, 0.3) is 5.91 Å². The van der Waals surface area contributed by atoms with E-state index in [0.717, 1.165) is 32.4 Å². The zero-order valence-corrected chi connectivity index (χ0v) is 17.3. The number of benzene rings is 2. The molecule has 1 aliphatic heterocycles. The van der Waals surface area contributed by atoms with Gasteiger partial charge in [0.2, 0.25) is 5.91 Å². The first-order valence-corrected chi connectivity index (χ1v) is 10.1. The molecule has 2 aromatic carbocycles. The second kappa shape index (κ2) is 7.67. The highest BCUT2D eigenvalue weighted by molar-refractivity contribution is 7.11. The summed E-state index contributed by atoms with van der Waals surface area (Å²) in [5, 5.41) is 3.87. The third kappa shape index (κ3) is 3.86. The molecule has 0 saturated carbocycles. The fourth-order valence-corrected chi connectivity index (χ4v) is 4.21. The van der Waals surface area contributed by atoms with Crippen molar-refractivity contribution < 1.29 is 14.3 Å². The summed E-state index contributed by atoms with van der Waals surface area (Å²) in [6.07, 6.45) is 0. The molecule has 4 rings (SSSR count). The molecule has 0 radical (unpaired) electrons. The van der Waals surface area contributed by atoms with Crippen LogP contribution in [0.25, 0.3) is 11.3 Å². The van der Waals surface area contributed by atoms with Crippen molar-refractivity contribution in [1.82, 2.24) is 4.98 Å². The van der Waals surface area contributed by atoms with Gasteiger partial charge in [-0.15, -0.1) is 11.3 Å². The molecular formula is C22H21N3O3S. The normalized spacial score (nSPS) is 13.1. The number of aromatic nitrogens is 1. The summed E-state index contributed by atoms with van der Waals surface area (Å²) in [5.41, 5.74) is 4.07. The van der Waals surface area contributed by atoms with E-state index in [1.165, 1.54) is 4.90 Å².